The fourth-order valence-electron chi connectivity index (χ4n) is 1.56. The van der Waals surface area contributed by atoms with Crippen molar-refractivity contribution in [3.8, 4) is 0 Å². The highest BCUT2D eigenvalue weighted by molar-refractivity contribution is 5.60. The molecule has 2 heteroatoms. The third-order valence-corrected chi connectivity index (χ3v) is 2.20. The van der Waals surface area contributed by atoms with Gasteiger partial charge in [0, 0.05) is 6.21 Å². The summed E-state index contributed by atoms with van der Waals surface area (Å²) in [6.07, 6.45) is 8.75. The monoisotopic (exact) mass is 155 g/mol. The van der Waals surface area contributed by atoms with Crippen LogP contribution in [0.4, 0.5) is 0 Å². The van der Waals surface area contributed by atoms with Crippen LogP contribution >= 0.6 is 0 Å². The Morgan fingerprint density at radius 2 is 2.00 bits per heavy atom. The van der Waals surface area contributed by atoms with Gasteiger partial charge in [-0.2, -0.15) is 0 Å². The van der Waals surface area contributed by atoms with Crippen molar-refractivity contribution in [1.82, 2.24) is 0 Å². The van der Waals surface area contributed by atoms with E-state index in [1.807, 2.05) is 6.21 Å². The summed E-state index contributed by atoms with van der Waals surface area (Å²) in [6.45, 7) is 0.764. The minimum Gasteiger partial charge on any atom is -0.394 e. The molecule has 0 spiro atoms. The van der Waals surface area contributed by atoms with Crippen LogP contribution in [-0.2, 0) is 0 Å². The predicted octanol–water partition coefficient (Wildman–Crippen LogP) is 1.63. The number of aliphatic imine (C=N–C) groups is 1. The molecule has 0 aromatic rings. The van der Waals surface area contributed by atoms with Gasteiger partial charge < -0.3 is 5.11 Å². The summed E-state index contributed by atoms with van der Waals surface area (Å²) in [7, 11) is 0. The van der Waals surface area contributed by atoms with Crippen LogP contribution in [0, 0.1) is 5.92 Å². The molecule has 0 heterocycles. The summed E-state index contributed by atoms with van der Waals surface area (Å²) >= 11 is 0. The van der Waals surface area contributed by atoms with E-state index in [0.29, 0.717) is 12.5 Å². The molecule has 0 unspecified atom stereocenters. The van der Waals surface area contributed by atoms with Crippen LogP contribution in [0.1, 0.15) is 32.1 Å². The largest absolute Gasteiger partial charge is 0.394 e. The first-order valence-corrected chi connectivity index (χ1v) is 4.54. The second-order valence-corrected chi connectivity index (χ2v) is 3.18. The number of nitrogens with zero attached hydrogens (tertiary/aromatic N) is 1. The molecule has 2 nitrogen and oxygen atoms in total. The standard InChI is InChI=1S/C9H17NO/c11-7-6-10-8-9-4-2-1-3-5-9/h8-9,11H,1-7H2/b10-8+. The van der Waals surface area contributed by atoms with Crippen molar-refractivity contribution in [3.05, 3.63) is 0 Å². The quantitative estimate of drug-likeness (QED) is 0.617. The molecular weight excluding hydrogens is 138 g/mol. The predicted molar refractivity (Wildman–Crippen MR) is 47.0 cm³/mol. The summed E-state index contributed by atoms with van der Waals surface area (Å²) < 4.78 is 0. The summed E-state index contributed by atoms with van der Waals surface area (Å²) in [6, 6.07) is 0. The number of hydrogen-bond acceptors (Lipinski definition) is 2. The average molecular weight is 155 g/mol. The van der Waals surface area contributed by atoms with Gasteiger partial charge in [-0.3, -0.25) is 4.99 Å². The number of aliphatic hydroxyl groups is 1. The lowest BCUT2D eigenvalue weighted by Gasteiger charge is -2.16. The van der Waals surface area contributed by atoms with Crippen molar-refractivity contribution < 1.29 is 5.11 Å². The van der Waals surface area contributed by atoms with E-state index in [0.717, 1.165) is 0 Å². The molecule has 0 amide bonds. The molecule has 0 saturated heterocycles. The highest BCUT2D eigenvalue weighted by Gasteiger charge is 2.09. The molecule has 0 aromatic carbocycles. The first-order chi connectivity index (χ1) is 5.43. The zero-order valence-corrected chi connectivity index (χ0v) is 7.00. The lowest BCUT2D eigenvalue weighted by molar-refractivity contribution is 0.306. The Morgan fingerprint density at radius 1 is 1.27 bits per heavy atom. The Labute approximate surface area is 68.3 Å². The van der Waals surface area contributed by atoms with Gasteiger partial charge in [0.15, 0.2) is 0 Å². The Bertz CT molecular complexity index is 117. The van der Waals surface area contributed by atoms with Crippen LogP contribution in [0.15, 0.2) is 4.99 Å². The lowest BCUT2D eigenvalue weighted by atomic mass is 9.90. The lowest BCUT2D eigenvalue weighted by Crippen LogP contribution is -2.07. The smallest absolute Gasteiger partial charge is 0.0626 e. The van der Waals surface area contributed by atoms with Crippen molar-refractivity contribution in [2.75, 3.05) is 13.2 Å². The molecule has 1 rings (SSSR count). The summed E-state index contributed by atoms with van der Waals surface area (Å²) in [4.78, 5) is 4.14. The van der Waals surface area contributed by atoms with Gasteiger partial charge in [-0.1, -0.05) is 19.3 Å². The van der Waals surface area contributed by atoms with Gasteiger partial charge in [-0.05, 0) is 18.8 Å². The van der Waals surface area contributed by atoms with Crippen molar-refractivity contribution in [2.45, 2.75) is 32.1 Å². The Balaban J connectivity index is 2.13. The van der Waals surface area contributed by atoms with Crippen LogP contribution in [-0.4, -0.2) is 24.5 Å². The zero-order valence-electron chi connectivity index (χ0n) is 7.00. The molecule has 1 N–H and O–H groups in total. The molecule has 64 valence electrons. The summed E-state index contributed by atoms with van der Waals surface area (Å²) in [5.41, 5.74) is 0. The average Bonchev–Trinajstić information content (AvgIpc) is 2.07. The number of aliphatic hydroxyl groups excluding tert-OH is 1. The molecule has 0 bridgehead atoms. The number of hydrogen-bond donors (Lipinski definition) is 1. The van der Waals surface area contributed by atoms with Crippen molar-refractivity contribution >= 4 is 6.21 Å². The van der Waals surface area contributed by atoms with E-state index in [1.54, 1.807) is 0 Å². The maximum Gasteiger partial charge on any atom is 0.0626 e. The van der Waals surface area contributed by atoms with Crippen molar-refractivity contribution in [2.24, 2.45) is 10.9 Å². The van der Waals surface area contributed by atoms with Gasteiger partial charge in [-0.25, -0.2) is 0 Å². The Morgan fingerprint density at radius 3 is 2.64 bits per heavy atom. The molecule has 11 heavy (non-hydrogen) atoms. The third kappa shape index (κ3) is 3.51. The summed E-state index contributed by atoms with van der Waals surface area (Å²) in [5.74, 6) is 0.704. The SMILES string of the molecule is OCC/N=C/C1CCCCC1. The normalized spacial score (nSPS) is 21.2. The minimum atomic E-state index is 0.184. The molecule has 0 aromatic heterocycles. The Hall–Kier alpha value is -0.370. The van der Waals surface area contributed by atoms with Crippen LogP contribution in [0.2, 0.25) is 0 Å². The molecule has 0 radical (unpaired) electrons. The van der Waals surface area contributed by atoms with E-state index < -0.39 is 0 Å². The summed E-state index contributed by atoms with van der Waals surface area (Å²) in [5, 5.41) is 8.48. The van der Waals surface area contributed by atoms with E-state index in [9.17, 15) is 0 Å². The van der Waals surface area contributed by atoms with E-state index in [1.165, 1.54) is 32.1 Å². The fourth-order valence-corrected chi connectivity index (χ4v) is 1.56. The van der Waals surface area contributed by atoms with Gasteiger partial charge >= 0.3 is 0 Å². The van der Waals surface area contributed by atoms with Crippen LogP contribution < -0.4 is 0 Å². The highest BCUT2D eigenvalue weighted by Crippen LogP contribution is 2.21. The van der Waals surface area contributed by atoms with E-state index in [2.05, 4.69) is 4.99 Å². The van der Waals surface area contributed by atoms with Crippen molar-refractivity contribution in [3.63, 3.8) is 0 Å². The van der Waals surface area contributed by atoms with Crippen LogP contribution in [0.3, 0.4) is 0 Å². The van der Waals surface area contributed by atoms with Gasteiger partial charge in [0.2, 0.25) is 0 Å². The molecule has 0 atom stereocenters. The molecular formula is C9H17NO. The van der Waals surface area contributed by atoms with Gasteiger partial charge in [-0.15, -0.1) is 0 Å². The number of rotatable bonds is 3. The van der Waals surface area contributed by atoms with Crippen LogP contribution in [0.5, 0.6) is 0 Å². The first-order valence-electron chi connectivity index (χ1n) is 4.54. The zero-order chi connectivity index (χ0) is 7.94. The molecule has 1 fully saturated rings. The van der Waals surface area contributed by atoms with E-state index in [4.69, 9.17) is 5.11 Å². The maximum atomic E-state index is 8.48. The minimum absolute atomic E-state index is 0.184. The van der Waals surface area contributed by atoms with Gasteiger partial charge in [0.25, 0.3) is 0 Å². The van der Waals surface area contributed by atoms with Gasteiger partial charge in [0.1, 0.15) is 0 Å². The maximum absolute atomic E-state index is 8.48. The third-order valence-electron chi connectivity index (χ3n) is 2.20. The molecule has 0 aliphatic heterocycles. The van der Waals surface area contributed by atoms with Crippen LogP contribution in [0.25, 0.3) is 0 Å². The molecule has 1 saturated carbocycles. The second-order valence-electron chi connectivity index (χ2n) is 3.18. The van der Waals surface area contributed by atoms with Gasteiger partial charge in [0.05, 0.1) is 13.2 Å². The van der Waals surface area contributed by atoms with Crippen molar-refractivity contribution in [1.29, 1.82) is 0 Å². The molecule has 1 aliphatic carbocycles. The van der Waals surface area contributed by atoms with E-state index >= 15 is 0 Å². The Kier molecular flexibility index (Phi) is 4.21. The topological polar surface area (TPSA) is 32.6 Å². The highest BCUT2D eigenvalue weighted by atomic mass is 16.3. The van der Waals surface area contributed by atoms with E-state index in [-0.39, 0.29) is 6.61 Å². The fraction of sp³-hybridized carbons (Fsp3) is 0.889. The second kappa shape index (κ2) is 5.30. The molecule has 1 aliphatic rings. The first kappa shape index (κ1) is 8.72.